The van der Waals surface area contributed by atoms with Crippen LogP contribution in [-0.2, 0) is 4.79 Å². The van der Waals surface area contributed by atoms with Gasteiger partial charge in [-0.3, -0.25) is 4.79 Å². The minimum Gasteiger partial charge on any atom is -0.356 e. The van der Waals surface area contributed by atoms with Crippen LogP contribution in [-0.4, -0.2) is 12.5 Å². The van der Waals surface area contributed by atoms with Crippen molar-refractivity contribution in [2.45, 2.75) is 79.6 Å². The molecule has 1 unspecified atom stereocenters. The summed E-state index contributed by atoms with van der Waals surface area (Å²) in [6.45, 7) is 11.5. The summed E-state index contributed by atoms with van der Waals surface area (Å²) in [6.07, 6.45) is 9.34. The highest BCUT2D eigenvalue weighted by atomic mass is 16.1. The normalized spacial score (nSPS) is 13.4. The van der Waals surface area contributed by atoms with Gasteiger partial charge in [0.05, 0.1) is 0 Å². The van der Waals surface area contributed by atoms with Gasteiger partial charge in [-0.05, 0) is 17.8 Å². The Labute approximate surface area is 114 Å². The first kappa shape index (κ1) is 17.5. The maximum atomic E-state index is 10.9. The molecule has 0 aliphatic carbocycles. The van der Waals surface area contributed by atoms with Crippen LogP contribution in [0.4, 0.5) is 0 Å². The van der Waals surface area contributed by atoms with E-state index < -0.39 is 0 Å². The van der Waals surface area contributed by atoms with E-state index in [2.05, 4.69) is 33.0 Å². The number of carbonyl (C=O) groups excluding carboxylic acids is 1. The lowest BCUT2D eigenvalue weighted by Crippen LogP contribution is -2.33. The summed E-state index contributed by atoms with van der Waals surface area (Å²) in [5, 5.41) is 2.94. The zero-order chi connectivity index (χ0) is 14.0. The van der Waals surface area contributed by atoms with Crippen molar-refractivity contribution in [3.8, 4) is 0 Å². The van der Waals surface area contributed by atoms with Gasteiger partial charge in [0.15, 0.2) is 0 Å². The first-order valence-corrected chi connectivity index (χ1v) is 7.62. The van der Waals surface area contributed by atoms with Gasteiger partial charge < -0.3 is 5.32 Å². The van der Waals surface area contributed by atoms with E-state index in [-0.39, 0.29) is 11.3 Å². The number of amides is 1. The molecular weight excluding hydrogens is 222 g/mol. The van der Waals surface area contributed by atoms with Gasteiger partial charge >= 0.3 is 0 Å². The maximum absolute atomic E-state index is 10.9. The molecule has 2 nitrogen and oxygen atoms in total. The molecule has 0 aliphatic heterocycles. The third-order valence-electron chi connectivity index (χ3n) is 3.52. The molecule has 1 atom stereocenters. The molecule has 0 aromatic carbocycles. The number of hydrogen-bond donors (Lipinski definition) is 1. The van der Waals surface area contributed by atoms with E-state index in [1.54, 1.807) is 6.92 Å². The van der Waals surface area contributed by atoms with Crippen molar-refractivity contribution in [3.63, 3.8) is 0 Å². The second-order valence-electron chi connectivity index (χ2n) is 6.59. The second kappa shape index (κ2) is 9.41. The largest absolute Gasteiger partial charge is 0.356 e. The molecule has 0 fully saturated rings. The summed E-state index contributed by atoms with van der Waals surface area (Å²) in [5.74, 6) is 0.839. The van der Waals surface area contributed by atoms with Crippen LogP contribution in [0.25, 0.3) is 0 Å². The SMILES string of the molecule is CCCCCCCC(C)CC(C)(C)CNC(C)=O. The van der Waals surface area contributed by atoms with E-state index in [0.29, 0.717) is 0 Å². The van der Waals surface area contributed by atoms with Crippen molar-refractivity contribution in [3.05, 3.63) is 0 Å². The molecule has 0 saturated heterocycles. The molecular formula is C16H33NO. The lowest BCUT2D eigenvalue weighted by Gasteiger charge is -2.28. The Kier molecular flexibility index (Phi) is 9.13. The number of hydrogen-bond acceptors (Lipinski definition) is 1. The minimum absolute atomic E-state index is 0.0790. The molecule has 0 heterocycles. The fraction of sp³-hybridized carbons (Fsp3) is 0.938. The van der Waals surface area contributed by atoms with E-state index in [4.69, 9.17) is 0 Å². The van der Waals surface area contributed by atoms with E-state index in [1.807, 2.05) is 0 Å². The summed E-state index contributed by atoms with van der Waals surface area (Å²) in [5.41, 5.74) is 0.217. The van der Waals surface area contributed by atoms with E-state index in [0.717, 1.165) is 12.5 Å². The third-order valence-corrected chi connectivity index (χ3v) is 3.52. The van der Waals surface area contributed by atoms with Crippen molar-refractivity contribution in [2.24, 2.45) is 11.3 Å². The van der Waals surface area contributed by atoms with Gasteiger partial charge in [-0.25, -0.2) is 0 Å². The number of carbonyl (C=O) groups is 1. The van der Waals surface area contributed by atoms with Crippen LogP contribution in [0.15, 0.2) is 0 Å². The number of unbranched alkanes of at least 4 members (excludes halogenated alkanes) is 4. The first-order valence-electron chi connectivity index (χ1n) is 7.62. The van der Waals surface area contributed by atoms with Crippen molar-refractivity contribution in [2.75, 3.05) is 6.54 Å². The molecule has 1 amide bonds. The zero-order valence-electron chi connectivity index (χ0n) is 13.1. The van der Waals surface area contributed by atoms with Crippen molar-refractivity contribution < 1.29 is 4.79 Å². The van der Waals surface area contributed by atoms with Gasteiger partial charge in [-0.2, -0.15) is 0 Å². The average Bonchev–Trinajstić information content (AvgIpc) is 2.26. The fourth-order valence-corrected chi connectivity index (χ4v) is 2.58. The molecule has 1 N–H and O–H groups in total. The third kappa shape index (κ3) is 10.6. The highest BCUT2D eigenvalue weighted by Crippen LogP contribution is 2.27. The monoisotopic (exact) mass is 255 g/mol. The standard InChI is InChI=1S/C16H33NO/c1-6-7-8-9-10-11-14(2)12-16(4,5)13-17-15(3)18/h14H,6-13H2,1-5H3,(H,17,18). The van der Waals surface area contributed by atoms with E-state index >= 15 is 0 Å². The topological polar surface area (TPSA) is 29.1 Å². The second-order valence-corrected chi connectivity index (χ2v) is 6.59. The molecule has 0 aromatic heterocycles. The Bertz CT molecular complexity index is 223. The zero-order valence-corrected chi connectivity index (χ0v) is 13.1. The molecule has 0 aromatic rings. The van der Waals surface area contributed by atoms with Crippen LogP contribution in [0.2, 0.25) is 0 Å². The molecule has 18 heavy (non-hydrogen) atoms. The minimum atomic E-state index is 0.0790. The molecule has 108 valence electrons. The summed E-state index contributed by atoms with van der Waals surface area (Å²) >= 11 is 0. The Morgan fingerprint density at radius 3 is 2.33 bits per heavy atom. The van der Waals surface area contributed by atoms with Gasteiger partial charge in [-0.1, -0.05) is 66.2 Å². The van der Waals surface area contributed by atoms with Gasteiger partial charge in [0.1, 0.15) is 0 Å². The number of nitrogens with one attached hydrogen (secondary N) is 1. The number of rotatable bonds is 10. The summed E-state index contributed by atoms with van der Waals surface area (Å²) in [6, 6.07) is 0. The Morgan fingerprint density at radius 2 is 1.78 bits per heavy atom. The Balaban J connectivity index is 3.70. The van der Waals surface area contributed by atoms with Gasteiger partial charge in [0.25, 0.3) is 0 Å². The highest BCUT2D eigenvalue weighted by Gasteiger charge is 2.21. The van der Waals surface area contributed by atoms with Gasteiger partial charge in [0.2, 0.25) is 5.91 Å². The van der Waals surface area contributed by atoms with Gasteiger partial charge in [-0.15, -0.1) is 0 Å². The smallest absolute Gasteiger partial charge is 0.216 e. The van der Waals surface area contributed by atoms with Crippen molar-refractivity contribution in [1.29, 1.82) is 0 Å². The molecule has 2 heteroatoms. The molecule has 0 aliphatic rings. The van der Waals surface area contributed by atoms with Crippen LogP contribution in [0.1, 0.15) is 79.6 Å². The van der Waals surface area contributed by atoms with Crippen LogP contribution < -0.4 is 5.32 Å². The predicted octanol–water partition coefficient (Wildman–Crippen LogP) is 4.54. The first-order chi connectivity index (χ1) is 8.37. The summed E-state index contributed by atoms with van der Waals surface area (Å²) < 4.78 is 0. The maximum Gasteiger partial charge on any atom is 0.216 e. The Hall–Kier alpha value is -0.530. The predicted molar refractivity (Wildman–Crippen MR) is 79.6 cm³/mol. The van der Waals surface area contributed by atoms with E-state index in [9.17, 15) is 4.79 Å². The summed E-state index contributed by atoms with van der Waals surface area (Å²) in [4.78, 5) is 10.9. The lowest BCUT2D eigenvalue weighted by molar-refractivity contribution is -0.119. The molecule has 0 bridgehead atoms. The van der Waals surface area contributed by atoms with Crippen molar-refractivity contribution >= 4 is 5.91 Å². The molecule has 0 saturated carbocycles. The van der Waals surface area contributed by atoms with Crippen LogP contribution >= 0.6 is 0 Å². The average molecular weight is 255 g/mol. The van der Waals surface area contributed by atoms with Crippen molar-refractivity contribution in [1.82, 2.24) is 5.32 Å². The highest BCUT2D eigenvalue weighted by molar-refractivity contribution is 5.72. The lowest BCUT2D eigenvalue weighted by atomic mass is 9.81. The van der Waals surface area contributed by atoms with Crippen LogP contribution in [0, 0.1) is 11.3 Å². The molecule has 0 rings (SSSR count). The van der Waals surface area contributed by atoms with Crippen LogP contribution in [0.5, 0.6) is 0 Å². The van der Waals surface area contributed by atoms with Gasteiger partial charge in [0, 0.05) is 13.5 Å². The fourth-order valence-electron chi connectivity index (χ4n) is 2.58. The quantitative estimate of drug-likeness (QED) is 0.571. The van der Waals surface area contributed by atoms with Crippen LogP contribution in [0.3, 0.4) is 0 Å². The van der Waals surface area contributed by atoms with E-state index in [1.165, 1.54) is 44.9 Å². The summed E-state index contributed by atoms with van der Waals surface area (Å²) in [7, 11) is 0. The molecule has 0 spiro atoms. The Morgan fingerprint density at radius 1 is 1.17 bits per heavy atom. The molecule has 0 radical (unpaired) electrons.